The van der Waals surface area contributed by atoms with Crippen LogP contribution in [-0.4, -0.2) is 11.1 Å². The summed E-state index contributed by atoms with van der Waals surface area (Å²) in [5.74, 6) is -0.562. The molecular formula is C17H15FN2O2. The third-order valence-electron chi connectivity index (χ3n) is 3.44. The van der Waals surface area contributed by atoms with Gasteiger partial charge >= 0.3 is 0 Å². The quantitative estimate of drug-likeness (QED) is 0.801. The minimum Gasteiger partial charge on any atom is -0.356 e. The molecule has 4 nitrogen and oxygen atoms in total. The monoisotopic (exact) mass is 298 g/mol. The third-order valence-corrected chi connectivity index (χ3v) is 3.44. The van der Waals surface area contributed by atoms with Gasteiger partial charge in [-0.05, 0) is 55.3 Å². The first-order valence-electron chi connectivity index (χ1n) is 6.94. The predicted molar refractivity (Wildman–Crippen MR) is 82.2 cm³/mol. The van der Waals surface area contributed by atoms with Gasteiger partial charge in [-0.15, -0.1) is 0 Å². The molecule has 1 aromatic heterocycles. The second-order valence-corrected chi connectivity index (χ2v) is 5.32. The van der Waals surface area contributed by atoms with E-state index >= 15 is 0 Å². The minimum atomic E-state index is -0.341. The maximum Gasteiger partial charge on any atom is 0.230 e. The van der Waals surface area contributed by atoms with Crippen LogP contribution in [0.2, 0.25) is 0 Å². The van der Waals surface area contributed by atoms with E-state index in [0.717, 1.165) is 16.5 Å². The molecule has 0 fully saturated rings. The van der Waals surface area contributed by atoms with Gasteiger partial charge in [-0.3, -0.25) is 4.79 Å². The molecule has 0 aliphatic carbocycles. The van der Waals surface area contributed by atoms with Gasteiger partial charge in [-0.25, -0.2) is 4.39 Å². The Balaban J connectivity index is 1.81. The van der Waals surface area contributed by atoms with E-state index in [0.29, 0.717) is 17.0 Å². The van der Waals surface area contributed by atoms with Crippen LogP contribution in [0.15, 0.2) is 40.9 Å². The molecule has 3 rings (SSSR count). The van der Waals surface area contributed by atoms with Crippen LogP contribution in [0.3, 0.4) is 0 Å². The number of fused-ring (bicyclic) bond motifs is 1. The van der Waals surface area contributed by atoms with Crippen molar-refractivity contribution in [1.82, 2.24) is 5.16 Å². The molecule has 0 aliphatic rings. The summed E-state index contributed by atoms with van der Waals surface area (Å²) in [6, 6.07) is 9.56. The van der Waals surface area contributed by atoms with Crippen LogP contribution in [0.5, 0.6) is 0 Å². The summed E-state index contributed by atoms with van der Waals surface area (Å²) in [5, 5.41) is 7.59. The largest absolute Gasteiger partial charge is 0.356 e. The first-order valence-corrected chi connectivity index (χ1v) is 6.94. The number of nitrogens with zero attached hydrogens (tertiary/aromatic N) is 1. The van der Waals surface area contributed by atoms with Crippen LogP contribution in [0.1, 0.15) is 16.8 Å². The van der Waals surface area contributed by atoms with Crippen molar-refractivity contribution >= 4 is 22.6 Å². The number of carbonyl (C=O) groups excluding carboxylic acids is 1. The number of anilines is 1. The Bertz CT molecular complexity index is 838. The van der Waals surface area contributed by atoms with E-state index in [9.17, 15) is 9.18 Å². The van der Waals surface area contributed by atoms with Crippen LogP contribution >= 0.6 is 0 Å². The molecule has 22 heavy (non-hydrogen) atoms. The van der Waals surface area contributed by atoms with Gasteiger partial charge in [0, 0.05) is 11.1 Å². The number of aromatic nitrogens is 1. The van der Waals surface area contributed by atoms with Crippen LogP contribution in [-0.2, 0) is 11.2 Å². The van der Waals surface area contributed by atoms with Gasteiger partial charge in [0.15, 0.2) is 5.58 Å². The van der Waals surface area contributed by atoms with Crippen LogP contribution in [0, 0.1) is 19.7 Å². The summed E-state index contributed by atoms with van der Waals surface area (Å²) < 4.78 is 18.1. The zero-order valence-electron chi connectivity index (χ0n) is 12.3. The van der Waals surface area contributed by atoms with E-state index in [1.807, 2.05) is 26.0 Å². The molecule has 0 aliphatic heterocycles. The van der Waals surface area contributed by atoms with E-state index in [-0.39, 0.29) is 18.1 Å². The highest BCUT2D eigenvalue weighted by Gasteiger charge is 2.15. The van der Waals surface area contributed by atoms with Crippen molar-refractivity contribution in [2.75, 3.05) is 5.32 Å². The second kappa shape index (κ2) is 5.60. The van der Waals surface area contributed by atoms with Crippen LogP contribution < -0.4 is 5.32 Å². The Morgan fingerprint density at radius 3 is 2.68 bits per heavy atom. The van der Waals surface area contributed by atoms with Crippen LogP contribution in [0.25, 0.3) is 11.0 Å². The van der Waals surface area contributed by atoms with Gasteiger partial charge in [-0.1, -0.05) is 11.2 Å². The highest BCUT2D eigenvalue weighted by atomic mass is 19.1. The highest BCUT2D eigenvalue weighted by Crippen LogP contribution is 2.24. The molecule has 0 bridgehead atoms. The fourth-order valence-electron chi connectivity index (χ4n) is 2.53. The first-order chi connectivity index (χ1) is 10.5. The summed E-state index contributed by atoms with van der Waals surface area (Å²) in [6.07, 6.45) is 0.105. The van der Waals surface area contributed by atoms with Crippen molar-refractivity contribution in [3.63, 3.8) is 0 Å². The number of hydrogen-bond acceptors (Lipinski definition) is 3. The van der Waals surface area contributed by atoms with E-state index < -0.39 is 0 Å². The average Bonchev–Trinajstić information content (AvgIpc) is 2.84. The van der Waals surface area contributed by atoms with E-state index in [2.05, 4.69) is 10.5 Å². The number of benzene rings is 2. The lowest BCUT2D eigenvalue weighted by Crippen LogP contribution is -2.14. The maximum atomic E-state index is 12.8. The molecule has 0 spiro atoms. The molecule has 0 saturated heterocycles. The summed E-state index contributed by atoms with van der Waals surface area (Å²) in [5.41, 5.74) is 3.95. The van der Waals surface area contributed by atoms with Crippen molar-refractivity contribution in [2.45, 2.75) is 20.3 Å². The number of rotatable bonds is 3. The SMILES string of the molecule is Cc1cc(C)c2c(CC(=O)Nc3ccc(F)cc3)noc2c1. The van der Waals surface area contributed by atoms with Gasteiger partial charge in [0.1, 0.15) is 11.5 Å². The first kappa shape index (κ1) is 14.3. The zero-order chi connectivity index (χ0) is 15.7. The number of halogens is 1. The second-order valence-electron chi connectivity index (χ2n) is 5.32. The number of aryl methyl sites for hydroxylation is 2. The fraction of sp³-hybridized carbons (Fsp3) is 0.176. The van der Waals surface area contributed by atoms with Crippen molar-refractivity contribution in [2.24, 2.45) is 0 Å². The van der Waals surface area contributed by atoms with Crippen LogP contribution in [0.4, 0.5) is 10.1 Å². The molecule has 5 heteroatoms. The number of hydrogen-bond donors (Lipinski definition) is 1. The lowest BCUT2D eigenvalue weighted by molar-refractivity contribution is -0.115. The normalized spacial score (nSPS) is 10.9. The molecule has 1 N–H and O–H groups in total. The molecule has 1 amide bonds. The molecule has 0 saturated carbocycles. The topological polar surface area (TPSA) is 55.1 Å². The summed E-state index contributed by atoms with van der Waals surface area (Å²) in [6.45, 7) is 3.95. The highest BCUT2D eigenvalue weighted by molar-refractivity contribution is 5.95. The predicted octanol–water partition coefficient (Wildman–Crippen LogP) is 3.76. The molecule has 3 aromatic rings. The lowest BCUT2D eigenvalue weighted by atomic mass is 10.0. The number of amides is 1. The Morgan fingerprint density at radius 1 is 1.23 bits per heavy atom. The van der Waals surface area contributed by atoms with Crippen molar-refractivity contribution in [3.8, 4) is 0 Å². The van der Waals surface area contributed by atoms with Gasteiger partial charge in [0.05, 0.1) is 6.42 Å². The van der Waals surface area contributed by atoms with Gasteiger partial charge in [0.2, 0.25) is 5.91 Å². The van der Waals surface area contributed by atoms with Gasteiger partial charge in [0.25, 0.3) is 0 Å². The van der Waals surface area contributed by atoms with Crippen molar-refractivity contribution in [1.29, 1.82) is 0 Å². The van der Waals surface area contributed by atoms with E-state index in [4.69, 9.17) is 4.52 Å². The summed E-state index contributed by atoms with van der Waals surface area (Å²) >= 11 is 0. The molecule has 0 atom stereocenters. The number of carbonyl (C=O) groups is 1. The van der Waals surface area contributed by atoms with Crippen molar-refractivity contribution < 1.29 is 13.7 Å². The molecular weight excluding hydrogens is 283 g/mol. The Hall–Kier alpha value is -2.69. The Labute approximate surface area is 126 Å². The average molecular weight is 298 g/mol. The lowest BCUT2D eigenvalue weighted by Gasteiger charge is -2.04. The summed E-state index contributed by atoms with van der Waals surface area (Å²) in [7, 11) is 0. The smallest absolute Gasteiger partial charge is 0.230 e. The molecule has 0 radical (unpaired) electrons. The standard InChI is InChI=1S/C17H15FN2O2/c1-10-7-11(2)17-14(20-22-15(17)8-10)9-16(21)19-13-5-3-12(18)4-6-13/h3-8H,9H2,1-2H3,(H,19,21). The molecule has 112 valence electrons. The fourth-order valence-corrected chi connectivity index (χ4v) is 2.53. The Kier molecular flexibility index (Phi) is 3.63. The molecule has 2 aromatic carbocycles. The Morgan fingerprint density at radius 2 is 1.95 bits per heavy atom. The van der Waals surface area contributed by atoms with E-state index in [1.165, 1.54) is 24.3 Å². The number of nitrogens with one attached hydrogen (secondary N) is 1. The van der Waals surface area contributed by atoms with Gasteiger partial charge < -0.3 is 9.84 Å². The molecule has 0 unspecified atom stereocenters. The third kappa shape index (κ3) is 2.83. The van der Waals surface area contributed by atoms with Crippen molar-refractivity contribution in [3.05, 3.63) is 59.0 Å². The summed E-state index contributed by atoms with van der Waals surface area (Å²) in [4.78, 5) is 12.1. The maximum absolute atomic E-state index is 12.8. The zero-order valence-corrected chi connectivity index (χ0v) is 12.3. The minimum absolute atomic E-state index is 0.105. The van der Waals surface area contributed by atoms with Gasteiger partial charge in [-0.2, -0.15) is 0 Å². The molecule has 1 heterocycles. The van der Waals surface area contributed by atoms with E-state index in [1.54, 1.807) is 0 Å².